The molecule has 0 unspecified atom stereocenters. The van der Waals surface area contributed by atoms with Gasteiger partial charge in [-0.3, -0.25) is 0 Å². The van der Waals surface area contributed by atoms with E-state index in [9.17, 15) is 0 Å². The summed E-state index contributed by atoms with van der Waals surface area (Å²) in [5, 5.41) is 0. The Morgan fingerprint density at radius 2 is 1.24 bits per heavy atom. The largest absolute Gasteiger partial charge is 0.375 e. The summed E-state index contributed by atoms with van der Waals surface area (Å²) in [4.78, 5) is 0. The first-order valence-corrected chi connectivity index (χ1v) is 9.58. The summed E-state index contributed by atoms with van der Waals surface area (Å²) in [6.45, 7) is 8.37. The van der Waals surface area contributed by atoms with Gasteiger partial charge in [-0.2, -0.15) is 0 Å². The van der Waals surface area contributed by atoms with Crippen LogP contribution < -0.4 is 5.73 Å². The van der Waals surface area contributed by atoms with Crippen molar-refractivity contribution in [1.29, 1.82) is 0 Å². The van der Waals surface area contributed by atoms with E-state index in [2.05, 4.69) is 20.8 Å². The van der Waals surface area contributed by atoms with E-state index in [0.29, 0.717) is 0 Å². The minimum absolute atomic E-state index is 0.121. The third-order valence-electron chi connectivity index (χ3n) is 4.78. The molecule has 0 rings (SSSR count). The summed E-state index contributed by atoms with van der Waals surface area (Å²) in [5.41, 5.74) is 5.68. The van der Waals surface area contributed by atoms with Crippen molar-refractivity contribution in [3.05, 3.63) is 0 Å². The van der Waals surface area contributed by atoms with Crippen LogP contribution in [0.5, 0.6) is 0 Å². The lowest BCUT2D eigenvalue weighted by Gasteiger charge is -2.32. The highest BCUT2D eigenvalue weighted by atomic mass is 16.5. The van der Waals surface area contributed by atoms with Gasteiger partial charge in [-0.1, -0.05) is 78.6 Å². The van der Waals surface area contributed by atoms with Crippen LogP contribution in [0.25, 0.3) is 0 Å². The highest BCUT2D eigenvalue weighted by molar-refractivity contribution is 4.77. The first kappa shape index (κ1) is 20.9. The van der Waals surface area contributed by atoms with E-state index in [0.717, 1.165) is 32.4 Å². The molecular weight excluding hydrogens is 258 g/mol. The molecular formula is C19H41NO. The Labute approximate surface area is 134 Å². The van der Waals surface area contributed by atoms with Gasteiger partial charge < -0.3 is 10.5 Å². The summed E-state index contributed by atoms with van der Waals surface area (Å²) >= 11 is 0. The molecule has 0 bridgehead atoms. The maximum atomic E-state index is 6.16. The molecule has 2 heteroatoms. The second-order valence-corrected chi connectivity index (χ2v) is 6.46. The molecule has 0 aliphatic rings. The van der Waals surface area contributed by atoms with Crippen molar-refractivity contribution >= 4 is 0 Å². The van der Waals surface area contributed by atoms with Crippen molar-refractivity contribution in [3.8, 4) is 0 Å². The number of unbranched alkanes of at least 4 members (excludes halogenated alkanes) is 8. The van der Waals surface area contributed by atoms with Gasteiger partial charge in [0.2, 0.25) is 0 Å². The smallest absolute Gasteiger partial charge is 0.0677 e. The molecule has 128 valence electrons. The molecule has 0 aromatic heterocycles. The Morgan fingerprint density at radius 1 is 0.714 bits per heavy atom. The maximum Gasteiger partial charge on any atom is 0.0677 e. The molecule has 0 aromatic rings. The molecule has 2 N–H and O–H groups in total. The standard InChI is InChI=1S/C19H41NO/c1-4-7-8-9-10-11-12-13-14-16-19(5-2,6-3)21-18-15-17-20/h4-18,20H2,1-3H3. The molecule has 0 amide bonds. The fourth-order valence-corrected chi connectivity index (χ4v) is 3.01. The van der Waals surface area contributed by atoms with Crippen LogP contribution in [-0.2, 0) is 4.74 Å². The molecule has 0 fully saturated rings. The van der Waals surface area contributed by atoms with E-state index in [-0.39, 0.29) is 5.60 Å². The Balaban J connectivity index is 3.64. The fraction of sp³-hybridized carbons (Fsp3) is 1.00. The van der Waals surface area contributed by atoms with Crippen molar-refractivity contribution in [2.75, 3.05) is 13.2 Å². The van der Waals surface area contributed by atoms with Gasteiger partial charge in [-0.15, -0.1) is 0 Å². The van der Waals surface area contributed by atoms with Crippen LogP contribution in [0.3, 0.4) is 0 Å². The maximum absolute atomic E-state index is 6.16. The van der Waals surface area contributed by atoms with E-state index in [1.54, 1.807) is 0 Å². The van der Waals surface area contributed by atoms with E-state index in [1.807, 2.05) is 0 Å². The van der Waals surface area contributed by atoms with Gasteiger partial charge in [0.05, 0.1) is 5.60 Å². The molecule has 0 aromatic carbocycles. The average molecular weight is 300 g/mol. The van der Waals surface area contributed by atoms with Crippen LogP contribution in [0.4, 0.5) is 0 Å². The summed E-state index contributed by atoms with van der Waals surface area (Å²) < 4.78 is 6.16. The second-order valence-electron chi connectivity index (χ2n) is 6.46. The monoisotopic (exact) mass is 299 g/mol. The lowest BCUT2D eigenvalue weighted by Crippen LogP contribution is -2.32. The minimum atomic E-state index is 0.121. The highest BCUT2D eigenvalue weighted by Crippen LogP contribution is 2.28. The number of ether oxygens (including phenoxy) is 1. The van der Waals surface area contributed by atoms with Crippen molar-refractivity contribution in [2.24, 2.45) is 5.73 Å². The lowest BCUT2D eigenvalue weighted by atomic mass is 9.90. The van der Waals surface area contributed by atoms with Crippen LogP contribution in [0.1, 0.15) is 104 Å². The van der Waals surface area contributed by atoms with E-state index in [4.69, 9.17) is 10.5 Å². The van der Waals surface area contributed by atoms with Gasteiger partial charge in [-0.25, -0.2) is 0 Å². The van der Waals surface area contributed by atoms with Crippen molar-refractivity contribution in [1.82, 2.24) is 0 Å². The fourth-order valence-electron chi connectivity index (χ4n) is 3.01. The number of nitrogens with two attached hydrogens (primary N) is 1. The van der Waals surface area contributed by atoms with Gasteiger partial charge in [-0.05, 0) is 32.2 Å². The zero-order valence-electron chi connectivity index (χ0n) is 15.1. The summed E-state index contributed by atoms with van der Waals surface area (Å²) in [6.07, 6.45) is 17.0. The Morgan fingerprint density at radius 3 is 1.71 bits per heavy atom. The van der Waals surface area contributed by atoms with Gasteiger partial charge in [0.15, 0.2) is 0 Å². The molecule has 0 aliphatic carbocycles. The normalized spacial score (nSPS) is 12.0. The number of hydrogen-bond acceptors (Lipinski definition) is 2. The van der Waals surface area contributed by atoms with Gasteiger partial charge in [0.25, 0.3) is 0 Å². The molecule has 0 saturated carbocycles. The predicted molar refractivity (Wildman–Crippen MR) is 94.8 cm³/mol. The number of hydrogen-bond donors (Lipinski definition) is 1. The summed E-state index contributed by atoms with van der Waals surface area (Å²) in [5.74, 6) is 0. The van der Waals surface area contributed by atoms with Crippen molar-refractivity contribution in [3.63, 3.8) is 0 Å². The van der Waals surface area contributed by atoms with Gasteiger partial charge in [0.1, 0.15) is 0 Å². The van der Waals surface area contributed by atoms with Crippen molar-refractivity contribution in [2.45, 2.75) is 110 Å². The zero-order valence-corrected chi connectivity index (χ0v) is 15.1. The van der Waals surface area contributed by atoms with Crippen molar-refractivity contribution < 1.29 is 4.74 Å². The molecule has 0 heterocycles. The van der Waals surface area contributed by atoms with E-state index < -0.39 is 0 Å². The minimum Gasteiger partial charge on any atom is -0.375 e. The zero-order chi connectivity index (χ0) is 15.8. The van der Waals surface area contributed by atoms with Crippen LogP contribution in [0, 0.1) is 0 Å². The first-order chi connectivity index (χ1) is 10.2. The quantitative estimate of drug-likeness (QED) is 0.364. The molecule has 2 nitrogen and oxygen atoms in total. The molecule has 0 aliphatic heterocycles. The second kappa shape index (κ2) is 14.8. The molecule has 21 heavy (non-hydrogen) atoms. The lowest BCUT2D eigenvalue weighted by molar-refractivity contribution is -0.0590. The molecule has 0 saturated heterocycles. The highest BCUT2D eigenvalue weighted by Gasteiger charge is 2.25. The Kier molecular flexibility index (Phi) is 14.8. The predicted octanol–water partition coefficient (Wildman–Crippen LogP) is 5.83. The summed E-state index contributed by atoms with van der Waals surface area (Å²) in [6, 6.07) is 0. The molecule has 0 spiro atoms. The Bertz CT molecular complexity index is 202. The number of rotatable bonds is 16. The third kappa shape index (κ3) is 11.2. The van der Waals surface area contributed by atoms with Gasteiger partial charge >= 0.3 is 0 Å². The Hall–Kier alpha value is -0.0800. The van der Waals surface area contributed by atoms with E-state index in [1.165, 1.54) is 64.2 Å². The van der Waals surface area contributed by atoms with E-state index >= 15 is 0 Å². The van der Waals surface area contributed by atoms with Crippen LogP contribution in [-0.4, -0.2) is 18.8 Å². The first-order valence-electron chi connectivity index (χ1n) is 9.58. The third-order valence-corrected chi connectivity index (χ3v) is 4.78. The average Bonchev–Trinajstić information content (AvgIpc) is 2.52. The topological polar surface area (TPSA) is 35.2 Å². The molecule has 0 atom stereocenters. The van der Waals surface area contributed by atoms with Gasteiger partial charge in [0, 0.05) is 6.61 Å². The molecule has 0 radical (unpaired) electrons. The van der Waals surface area contributed by atoms with Crippen LogP contribution in [0.15, 0.2) is 0 Å². The summed E-state index contributed by atoms with van der Waals surface area (Å²) in [7, 11) is 0. The van der Waals surface area contributed by atoms with Crippen LogP contribution >= 0.6 is 0 Å². The SMILES string of the molecule is CCCCCCCCCCCC(CC)(CC)OCCCN. The van der Waals surface area contributed by atoms with Crippen LogP contribution in [0.2, 0.25) is 0 Å².